The molecule has 3 heterocycles. The van der Waals surface area contributed by atoms with Gasteiger partial charge in [-0.15, -0.1) is 0 Å². The number of halogens is 1. The maximum Gasteiger partial charge on any atom is 0.258 e. The summed E-state index contributed by atoms with van der Waals surface area (Å²) >= 11 is 0. The molecule has 29 heavy (non-hydrogen) atoms. The number of nitrogens with one attached hydrogen (secondary N) is 1. The molecule has 0 atom stereocenters. The maximum atomic E-state index is 13.8. The Hall–Kier alpha value is -3.30. The third kappa shape index (κ3) is 4.25. The van der Waals surface area contributed by atoms with Crippen molar-refractivity contribution in [3.63, 3.8) is 0 Å². The second-order valence-electron chi connectivity index (χ2n) is 7.26. The summed E-state index contributed by atoms with van der Waals surface area (Å²) in [5.74, 6) is -0.483. The van der Waals surface area contributed by atoms with Crippen LogP contribution in [0.4, 0.5) is 4.39 Å². The van der Waals surface area contributed by atoms with Crippen molar-refractivity contribution in [1.29, 1.82) is 5.26 Å². The van der Waals surface area contributed by atoms with Gasteiger partial charge in [0.2, 0.25) is 0 Å². The van der Waals surface area contributed by atoms with E-state index in [1.54, 1.807) is 24.4 Å². The molecule has 1 aliphatic rings. The number of hydrogen-bond donors (Lipinski definition) is 1. The number of nitriles is 1. The molecule has 1 aliphatic heterocycles. The maximum absolute atomic E-state index is 13.8. The van der Waals surface area contributed by atoms with Crippen LogP contribution >= 0.6 is 0 Å². The van der Waals surface area contributed by atoms with Crippen molar-refractivity contribution in [3.05, 3.63) is 81.8 Å². The van der Waals surface area contributed by atoms with Crippen molar-refractivity contribution in [3.8, 4) is 6.07 Å². The highest BCUT2D eigenvalue weighted by atomic mass is 19.1. The molecule has 3 aromatic rings. The van der Waals surface area contributed by atoms with Gasteiger partial charge in [0.25, 0.3) is 5.56 Å². The molecule has 4 rings (SSSR count). The van der Waals surface area contributed by atoms with E-state index < -0.39 is 5.82 Å². The zero-order valence-corrected chi connectivity index (χ0v) is 16.0. The third-order valence-electron chi connectivity index (χ3n) is 5.31. The predicted molar refractivity (Wildman–Crippen MR) is 111 cm³/mol. The fourth-order valence-corrected chi connectivity index (χ4v) is 3.76. The average Bonchev–Trinajstić information content (AvgIpc) is 2.74. The lowest BCUT2D eigenvalue weighted by atomic mass is 10.0. The van der Waals surface area contributed by atoms with Crippen molar-refractivity contribution >= 4 is 16.3 Å². The Balaban J connectivity index is 1.34. The molecule has 146 valence electrons. The monoisotopic (exact) mass is 388 g/mol. The van der Waals surface area contributed by atoms with Gasteiger partial charge in [0.1, 0.15) is 11.9 Å². The van der Waals surface area contributed by atoms with Crippen molar-refractivity contribution < 1.29 is 4.39 Å². The normalized spacial score (nSPS) is 14.6. The Labute approximate surface area is 168 Å². The van der Waals surface area contributed by atoms with E-state index in [1.165, 1.54) is 11.6 Å². The summed E-state index contributed by atoms with van der Waals surface area (Å²) in [6.45, 7) is 2.73. The Morgan fingerprint density at radius 1 is 1.28 bits per heavy atom. The summed E-state index contributed by atoms with van der Waals surface area (Å²) in [4.78, 5) is 21.7. The van der Waals surface area contributed by atoms with Crippen molar-refractivity contribution in [2.75, 3.05) is 19.6 Å². The smallest absolute Gasteiger partial charge is 0.258 e. The molecule has 0 aliphatic carbocycles. The van der Waals surface area contributed by atoms with E-state index in [4.69, 9.17) is 5.26 Å². The highest BCUT2D eigenvalue weighted by Crippen LogP contribution is 2.21. The first-order valence-electron chi connectivity index (χ1n) is 9.72. The number of aromatic amines is 1. The highest BCUT2D eigenvalue weighted by Gasteiger charge is 2.14. The molecular formula is C23H21FN4O. The standard InChI is InChI=1S/C23H21FN4O/c24-20-5-1-3-18-13-19(27-23(29)22(18)20)4-2-10-28-11-8-17(9-12-28)21-7-6-16(14-25)15-26-21/h1,3,5-8,13,15H,2,4,9-12H2,(H,27,29). The lowest BCUT2D eigenvalue weighted by molar-refractivity contribution is 0.297. The van der Waals surface area contributed by atoms with Gasteiger partial charge in [-0.2, -0.15) is 5.26 Å². The van der Waals surface area contributed by atoms with Crippen LogP contribution in [0.5, 0.6) is 0 Å². The Morgan fingerprint density at radius 3 is 2.90 bits per heavy atom. The van der Waals surface area contributed by atoms with Crippen molar-refractivity contribution in [1.82, 2.24) is 14.9 Å². The molecule has 1 aromatic carbocycles. The Kier molecular flexibility index (Phi) is 5.50. The molecule has 6 heteroatoms. The van der Waals surface area contributed by atoms with Crippen LogP contribution in [-0.2, 0) is 6.42 Å². The van der Waals surface area contributed by atoms with Gasteiger partial charge in [0.05, 0.1) is 16.6 Å². The molecule has 0 saturated heterocycles. The number of aromatic nitrogens is 2. The van der Waals surface area contributed by atoms with Gasteiger partial charge in [0.15, 0.2) is 0 Å². The number of pyridine rings is 2. The second kappa shape index (κ2) is 8.38. The van der Waals surface area contributed by atoms with Gasteiger partial charge in [-0.05, 0) is 61.0 Å². The summed E-state index contributed by atoms with van der Waals surface area (Å²) in [6.07, 6.45) is 6.38. The van der Waals surface area contributed by atoms with E-state index in [2.05, 4.69) is 27.0 Å². The summed E-state index contributed by atoms with van der Waals surface area (Å²) in [7, 11) is 0. The van der Waals surface area contributed by atoms with E-state index in [0.29, 0.717) is 10.9 Å². The van der Waals surface area contributed by atoms with Crippen LogP contribution in [0.25, 0.3) is 16.3 Å². The molecule has 0 radical (unpaired) electrons. The fraction of sp³-hybridized carbons (Fsp3) is 0.261. The van der Waals surface area contributed by atoms with E-state index >= 15 is 0 Å². The lowest BCUT2D eigenvalue weighted by Crippen LogP contribution is -2.30. The van der Waals surface area contributed by atoms with E-state index in [1.807, 2.05) is 12.1 Å². The fourth-order valence-electron chi connectivity index (χ4n) is 3.76. The molecular weight excluding hydrogens is 367 g/mol. The van der Waals surface area contributed by atoms with Crippen LogP contribution in [0, 0.1) is 17.1 Å². The van der Waals surface area contributed by atoms with Crippen molar-refractivity contribution in [2.45, 2.75) is 19.3 Å². The van der Waals surface area contributed by atoms with Gasteiger partial charge >= 0.3 is 0 Å². The van der Waals surface area contributed by atoms with Crippen LogP contribution in [0.1, 0.15) is 29.8 Å². The van der Waals surface area contributed by atoms with Crippen LogP contribution in [-0.4, -0.2) is 34.5 Å². The first kappa shape index (κ1) is 19.0. The van der Waals surface area contributed by atoms with Gasteiger partial charge in [-0.25, -0.2) is 4.39 Å². The van der Waals surface area contributed by atoms with Crippen LogP contribution < -0.4 is 5.56 Å². The minimum atomic E-state index is -0.483. The van der Waals surface area contributed by atoms with Gasteiger partial charge in [-0.3, -0.25) is 14.7 Å². The molecule has 1 N–H and O–H groups in total. The van der Waals surface area contributed by atoms with Crippen LogP contribution in [0.3, 0.4) is 0 Å². The van der Waals surface area contributed by atoms with E-state index in [-0.39, 0.29) is 10.9 Å². The molecule has 0 saturated carbocycles. The topological polar surface area (TPSA) is 72.8 Å². The number of rotatable bonds is 5. The van der Waals surface area contributed by atoms with Gasteiger partial charge < -0.3 is 4.98 Å². The molecule has 0 spiro atoms. The van der Waals surface area contributed by atoms with Gasteiger partial charge in [-0.1, -0.05) is 18.2 Å². The number of benzene rings is 1. The molecule has 0 amide bonds. The number of fused-ring (bicyclic) bond motifs is 1. The quantitative estimate of drug-likeness (QED) is 0.724. The molecule has 2 aromatic heterocycles. The Bertz CT molecular complexity index is 1160. The molecule has 0 bridgehead atoms. The number of aryl methyl sites for hydroxylation is 1. The molecule has 0 unspecified atom stereocenters. The third-order valence-corrected chi connectivity index (χ3v) is 5.31. The minimum absolute atomic E-state index is 0.126. The average molecular weight is 388 g/mol. The SMILES string of the molecule is N#Cc1ccc(C2=CCN(CCCc3cc4cccc(F)c4c(=O)[nH]3)CC2)nc1. The Morgan fingerprint density at radius 2 is 2.17 bits per heavy atom. The van der Waals surface area contributed by atoms with Crippen LogP contribution in [0.15, 0.2) is 53.5 Å². The number of hydrogen-bond acceptors (Lipinski definition) is 4. The minimum Gasteiger partial charge on any atom is -0.326 e. The predicted octanol–water partition coefficient (Wildman–Crippen LogP) is 3.66. The highest BCUT2D eigenvalue weighted by molar-refractivity contribution is 5.82. The largest absolute Gasteiger partial charge is 0.326 e. The number of H-pyrrole nitrogens is 1. The first-order valence-corrected chi connectivity index (χ1v) is 9.72. The number of nitrogens with zero attached hydrogens (tertiary/aromatic N) is 3. The molecule has 5 nitrogen and oxygen atoms in total. The van der Waals surface area contributed by atoms with E-state index in [0.717, 1.165) is 50.3 Å². The summed E-state index contributed by atoms with van der Waals surface area (Å²) in [5, 5.41) is 9.64. The second-order valence-corrected chi connectivity index (χ2v) is 7.26. The summed E-state index contributed by atoms with van der Waals surface area (Å²) in [6, 6.07) is 12.4. The molecule has 0 fully saturated rings. The summed E-state index contributed by atoms with van der Waals surface area (Å²) < 4.78 is 13.8. The zero-order valence-electron chi connectivity index (χ0n) is 16.0. The summed E-state index contributed by atoms with van der Waals surface area (Å²) in [5.41, 5.74) is 3.19. The van der Waals surface area contributed by atoms with Gasteiger partial charge in [0, 0.05) is 25.0 Å². The van der Waals surface area contributed by atoms with Crippen LogP contribution in [0.2, 0.25) is 0 Å². The van der Waals surface area contributed by atoms with E-state index in [9.17, 15) is 9.18 Å². The first-order chi connectivity index (χ1) is 14.1. The zero-order chi connectivity index (χ0) is 20.2. The van der Waals surface area contributed by atoms with Crippen molar-refractivity contribution in [2.24, 2.45) is 0 Å². The lowest BCUT2D eigenvalue weighted by Gasteiger charge is -2.26.